The molecule has 2 aromatic carbocycles. The zero-order valence-electron chi connectivity index (χ0n) is 15.0. The number of amides is 2. The molecule has 0 atom stereocenters. The molecule has 7 nitrogen and oxygen atoms in total. The largest absolute Gasteiger partial charge is 0.354 e. The van der Waals surface area contributed by atoms with E-state index in [1.54, 1.807) is 6.07 Å². The van der Waals surface area contributed by atoms with Gasteiger partial charge in [0.05, 0.1) is 21.9 Å². The summed E-state index contributed by atoms with van der Waals surface area (Å²) in [4.78, 5) is 24.0. The number of sulfonamides is 1. The molecule has 2 aromatic rings. The zero-order valence-corrected chi connectivity index (χ0v) is 16.5. The van der Waals surface area contributed by atoms with Crippen LogP contribution in [-0.4, -0.2) is 40.4 Å². The molecule has 0 heterocycles. The Labute approximate surface area is 167 Å². The quantitative estimate of drug-likeness (QED) is 0.555. The molecular formula is C18H19ClFN3O4S. The molecule has 0 fully saturated rings. The predicted octanol–water partition coefficient (Wildman–Crippen LogP) is 1.48. The molecule has 0 aliphatic heterocycles. The maximum absolute atomic E-state index is 13.1. The SMILES string of the molecule is CNS(=O)(=O)c1ccc(Cl)c(C(=O)NCCNC(=O)Cc2cccc(F)c2)c1. The van der Waals surface area contributed by atoms with Crippen molar-refractivity contribution in [2.75, 3.05) is 20.1 Å². The summed E-state index contributed by atoms with van der Waals surface area (Å²) in [5.41, 5.74) is 0.542. The Bertz CT molecular complexity index is 983. The third-order valence-corrected chi connectivity index (χ3v) is 5.49. The van der Waals surface area contributed by atoms with Crippen LogP contribution in [0.5, 0.6) is 0 Å². The van der Waals surface area contributed by atoms with Gasteiger partial charge in [-0.1, -0.05) is 23.7 Å². The van der Waals surface area contributed by atoms with Gasteiger partial charge < -0.3 is 10.6 Å². The molecule has 10 heteroatoms. The van der Waals surface area contributed by atoms with E-state index in [0.29, 0.717) is 5.56 Å². The van der Waals surface area contributed by atoms with Crippen molar-refractivity contribution in [3.05, 3.63) is 64.4 Å². The normalized spacial score (nSPS) is 11.1. The summed E-state index contributed by atoms with van der Waals surface area (Å²) in [5.74, 6) is -1.31. The Morgan fingerprint density at radius 2 is 1.79 bits per heavy atom. The van der Waals surface area contributed by atoms with Gasteiger partial charge in [-0.25, -0.2) is 17.5 Å². The number of nitrogens with one attached hydrogen (secondary N) is 3. The molecule has 0 saturated heterocycles. The zero-order chi connectivity index (χ0) is 20.7. The van der Waals surface area contributed by atoms with Crippen LogP contribution in [0.15, 0.2) is 47.4 Å². The Hall–Kier alpha value is -2.49. The van der Waals surface area contributed by atoms with Crippen LogP contribution in [0.4, 0.5) is 4.39 Å². The average molecular weight is 428 g/mol. The molecule has 0 aliphatic rings. The molecule has 3 N–H and O–H groups in total. The molecule has 2 rings (SSSR count). The van der Waals surface area contributed by atoms with Gasteiger partial charge in [-0.3, -0.25) is 9.59 Å². The van der Waals surface area contributed by atoms with E-state index in [-0.39, 0.29) is 40.9 Å². The van der Waals surface area contributed by atoms with Crippen LogP contribution < -0.4 is 15.4 Å². The number of hydrogen-bond donors (Lipinski definition) is 3. The Balaban J connectivity index is 1.87. The second-order valence-electron chi connectivity index (χ2n) is 5.76. The summed E-state index contributed by atoms with van der Waals surface area (Å²) in [6, 6.07) is 9.50. The summed E-state index contributed by atoms with van der Waals surface area (Å²) in [5, 5.41) is 5.25. The molecule has 0 unspecified atom stereocenters. The lowest BCUT2D eigenvalue weighted by Crippen LogP contribution is -2.35. The standard InChI is InChI=1S/C18H19ClFN3O4S/c1-21-28(26,27)14-5-6-16(19)15(11-14)18(25)23-8-7-22-17(24)10-12-3-2-4-13(20)9-12/h2-6,9,11,21H,7-8,10H2,1H3,(H,22,24)(H,23,25). The van der Waals surface area contributed by atoms with Gasteiger partial charge in [0.2, 0.25) is 15.9 Å². The van der Waals surface area contributed by atoms with Crippen molar-refractivity contribution < 1.29 is 22.4 Å². The first-order valence-electron chi connectivity index (χ1n) is 8.25. The number of rotatable bonds is 8. The molecule has 150 valence electrons. The van der Waals surface area contributed by atoms with Gasteiger partial charge >= 0.3 is 0 Å². The van der Waals surface area contributed by atoms with Gasteiger partial charge in [0, 0.05) is 13.1 Å². The van der Waals surface area contributed by atoms with Crippen LogP contribution >= 0.6 is 11.6 Å². The van der Waals surface area contributed by atoms with Crippen LogP contribution in [0.3, 0.4) is 0 Å². The minimum Gasteiger partial charge on any atom is -0.354 e. The van der Waals surface area contributed by atoms with E-state index in [9.17, 15) is 22.4 Å². The Morgan fingerprint density at radius 1 is 1.07 bits per heavy atom. The predicted molar refractivity (Wildman–Crippen MR) is 103 cm³/mol. The maximum atomic E-state index is 13.1. The highest BCUT2D eigenvalue weighted by Crippen LogP contribution is 2.20. The highest BCUT2D eigenvalue weighted by molar-refractivity contribution is 7.89. The summed E-state index contributed by atoms with van der Waals surface area (Å²) in [6.07, 6.45) is 0.0153. The van der Waals surface area contributed by atoms with E-state index >= 15 is 0 Å². The van der Waals surface area contributed by atoms with E-state index in [1.807, 2.05) is 0 Å². The number of hydrogen-bond acceptors (Lipinski definition) is 4. The van der Waals surface area contributed by atoms with Crippen LogP contribution in [0.25, 0.3) is 0 Å². The molecule has 0 radical (unpaired) electrons. The smallest absolute Gasteiger partial charge is 0.252 e. The first kappa shape index (κ1) is 21.8. The fourth-order valence-corrected chi connectivity index (χ4v) is 3.29. The molecular weight excluding hydrogens is 409 g/mol. The van der Waals surface area contributed by atoms with Crippen molar-refractivity contribution >= 4 is 33.4 Å². The molecule has 28 heavy (non-hydrogen) atoms. The van der Waals surface area contributed by atoms with Gasteiger partial charge in [0.25, 0.3) is 5.91 Å². The second-order valence-corrected chi connectivity index (χ2v) is 8.06. The monoisotopic (exact) mass is 427 g/mol. The lowest BCUT2D eigenvalue weighted by Gasteiger charge is -2.10. The van der Waals surface area contributed by atoms with E-state index < -0.39 is 21.7 Å². The molecule has 0 bridgehead atoms. The van der Waals surface area contributed by atoms with Crippen molar-refractivity contribution in [1.29, 1.82) is 0 Å². The summed E-state index contributed by atoms with van der Waals surface area (Å²) < 4.78 is 38.9. The highest BCUT2D eigenvalue weighted by Gasteiger charge is 2.17. The lowest BCUT2D eigenvalue weighted by atomic mass is 10.1. The fraction of sp³-hybridized carbons (Fsp3) is 0.222. The lowest BCUT2D eigenvalue weighted by molar-refractivity contribution is -0.120. The Morgan fingerprint density at radius 3 is 2.46 bits per heavy atom. The van der Waals surface area contributed by atoms with Crippen molar-refractivity contribution in [3.63, 3.8) is 0 Å². The molecule has 0 aliphatic carbocycles. The number of halogens is 2. The topological polar surface area (TPSA) is 104 Å². The molecule has 0 saturated carbocycles. The van der Waals surface area contributed by atoms with E-state index in [0.717, 1.165) is 0 Å². The van der Waals surface area contributed by atoms with Crippen LogP contribution in [-0.2, 0) is 21.2 Å². The van der Waals surface area contributed by atoms with E-state index in [2.05, 4.69) is 15.4 Å². The van der Waals surface area contributed by atoms with Gasteiger partial charge in [-0.2, -0.15) is 0 Å². The summed E-state index contributed by atoms with van der Waals surface area (Å²) >= 11 is 5.97. The van der Waals surface area contributed by atoms with E-state index in [1.165, 1.54) is 43.4 Å². The molecule has 0 aromatic heterocycles. The van der Waals surface area contributed by atoms with Crippen molar-refractivity contribution in [2.45, 2.75) is 11.3 Å². The van der Waals surface area contributed by atoms with Gasteiger partial charge in [-0.15, -0.1) is 0 Å². The van der Waals surface area contributed by atoms with Crippen LogP contribution in [0.1, 0.15) is 15.9 Å². The molecule has 2 amide bonds. The second kappa shape index (κ2) is 9.63. The van der Waals surface area contributed by atoms with E-state index in [4.69, 9.17) is 11.6 Å². The van der Waals surface area contributed by atoms with Crippen molar-refractivity contribution in [1.82, 2.24) is 15.4 Å². The average Bonchev–Trinajstić information content (AvgIpc) is 2.65. The van der Waals surface area contributed by atoms with Crippen LogP contribution in [0.2, 0.25) is 5.02 Å². The van der Waals surface area contributed by atoms with Gasteiger partial charge in [-0.05, 0) is 42.9 Å². The minimum absolute atomic E-state index is 0.00378. The van der Waals surface area contributed by atoms with Crippen LogP contribution in [0, 0.1) is 5.82 Å². The van der Waals surface area contributed by atoms with Crippen molar-refractivity contribution in [2.24, 2.45) is 0 Å². The fourth-order valence-electron chi connectivity index (χ4n) is 2.33. The van der Waals surface area contributed by atoms with Gasteiger partial charge in [0.15, 0.2) is 0 Å². The Kier molecular flexibility index (Phi) is 7.50. The number of benzene rings is 2. The summed E-state index contributed by atoms with van der Waals surface area (Å²) in [7, 11) is -2.45. The first-order chi connectivity index (χ1) is 13.2. The van der Waals surface area contributed by atoms with Gasteiger partial charge in [0.1, 0.15) is 5.82 Å². The minimum atomic E-state index is -3.71. The highest BCUT2D eigenvalue weighted by atomic mass is 35.5. The summed E-state index contributed by atoms with van der Waals surface area (Å²) in [6.45, 7) is 0.249. The molecule has 0 spiro atoms. The maximum Gasteiger partial charge on any atom is 0.252 e. The first-order valence-corrected chi connectivity index (χ1v) is 10.1. The number of carbonyl (C=O) groups is 2. The number of carbonyl (C=O) groups excluding carboxylic acids is 2. The van der Waals surface area contributed by atoms with Crippen molar-refractivity contribution in [3.8, 4) is 0 Å². The third kappa shape index (κ3) is 6.01. The third-order valence-electron chi connectivity index (χ3n) is 3.75.